The molecule has 0 aliphatic rings. The van der Waals surface area contributed by atoms with Gasteiger partial charge in [0.2, 0.25) is 0 Å². The number of phenolic OH excluding ortho intramolecular Hbond substituents is 1. The maximum atomic E-state index is 10.7. The Balaban J connectivity index is 2.37. The van der Waals surface area contributed by atoms with Gasteiger partial charge in [-0.1, -0.05) is 12.1 Å². The highest BCUT2D eigenvalue weighted by Crippen LogP contribution is 2.31. The lowest BCUT2D eigenvalue weighted by Gasteiger charge is -2.08. The number of carbonyl (C=O) groups is 1. The standard InChI is InChI=1S/C16H13NO5/c1-10(8-16(19)20)14-7-4-12(9-15(14)18)11-2-5-13(6-3-11)17(21)22/h2-9,18H,1H3,(H,19,20). The summed E-state index contributed by atoms with van der Waals surface area (Å²) >= 11 is 0. The van der Waals surface area contributed by atoms with Crippen LogP contribution in [0, 0.1) is 10.1 Å². The van der Waals surface area contributed by atoms with E-state index in [4.69, 9.17) is 5.11 Å². The van der Waals surface area contributed by atoms with Crippen LogP contribution >= 0.6 is 0 Å². The van der Waals surface area contributed by atoms with Gasteiger partial charge in [0.05, 0.1) is 4.92 Å². The van der Waals surface area contributed by atoms with Gasteiger partial charge in [-0.2, -0.15) is 0 Å². The minimum atomic E-state index is -1.09. The number of aromatic hydroxyl groups is 1. The first-order valence-electron chi connectivity index (χ1n) is 6.38. The van der Waals surface area contributed by atoms with E-state index >= 15 is 0 Å². The number of non-ortho nitro benzene ring substituents is 1. The Morgan fingerprint density at radius 3 is 2.23 bits per heavy atom. The number of benzene rings is 2. The SMILES string of the molecule is CC(=CC(=O)O)c1ccc(-c2ccc([N+](=O)[O-])cc2)cc1O. The average molecular weight is 299 g/mol. The summed E-state index contributed by atoms with van der Waals surface area (Å²) in [7, 11) is 0. The van der Waals surface area contributed by atoms with Gasteiger partial charge < -0.3 is 10.2 Å². The zero-order chi connectivity index (χ0) is 16.3. The van der Waals surface area contributed by atoms with E-state index in [1.165, 1.54) is 18.2 Å². The topological polar surface area (TPSA) is 101 Å². The fraction of sp³-hybridized carbons (Fsp3) is 0.0625. The molecule has 0 saturated heterocycles. The van der Waals surface area contributed by atoms with Gasteiger partial charge in [0, 0.05) is 23.8 Å². The predicted molar refractivity (Wildman–Crippen MR) is 81.5 cm³/mol. The van der Waals surface area contributed by atoms with E-state index in [-0.39, 0.29) is 11.4 Å². The van der Waals surface area contributed by atoms with Gasteiger partial charge in [-0.15, -0.1) is 0 Å². The van der Waals surface area contributed by atoms with Crippen molar-refractivity contribution in [3.8, 4) is 16.9 Å². The maximum Gasteiger partial charge on any atom is 0.328 e. The van der Waals surface area contributed by atoms with Gasteiger partial charge in [0.25, 0.3) is 5.69 Å². The van der Waals surface area contributed by atoms with Crippen LogP contribution in [-0.2, 0) is 4.79 Å². The molecule has 0 unspecified atom stereocenters. The van der Waals surface area contributed by atoms with Crippen LogP contribution in [0.3, 0.4) is 0 Å². The largest absolute Gasteiger partial charge is 0.507 e. The van der Waals surface area contributed by atoms with Crippen LogP contribution in [0.1, 0.15) is 12.5 Å². The quantitative estimate of drug-likeness (QED) is 0.511. The van der Waals surface area contributed by atoms with Crippen molar-refractivity contribution in [2.45, 2.75) is 6.92 Å². The zero-order valence-electron chi connectivity index (χ0n) is 11.7. The van der Waals surface area contributed by atoms with E-state index < -0.39 is 10.9 Å². The minimum Gasteiger partial charge on any atom is -0.507 e. The highest BCUT2D eigenvalue weighted by Gasteiger charge is 2.09. The van der Waals surface area contributed by atoms with Crippen molar-refractivity contribution in [3.63, 3.8) is 0 Å². The first-order chi connectivity index (χ1) is 10.4. The third-order valence-electron chi connectivity index (χ3n) is 3.17. The van der Waals surface area contributed by atoms with E-state index in [2.05, 4.69) is 0 Å². The van der Waals surface area contributed by atoms with Crippen molar-refractivity contribution in [3.05, 3.63) is 64.2 Å². The molecule has 112 valence electrons. The van der Waals surface area contributed by atoms with Crippen molar-refractivity contribution < 1.29 is 19.9 Å². The second-order valence-electron chi connectivity index (χ2n) is 4.70. The molecule has 22 heavy (non-hydrogen) atoms. The Morgan fingerprint density at radius 1 is 1.14 bits per heavy atom. The molecule has 0 heterocycles. The van der Waals surface area contributed by atoms with Gasteiger partial charge in [0.15, 0.2) is 0 Å². The number of nitro benzene ring substituents is 1. The van der Waals surface area contributed by atoms with Crippen LogP contribution in [-0.4, -0.2) is 21.1 Å². The number of carboxylic acid groups (broad SMARTS) is 1. The van der Waals surface area contributed by atoms with E-state index in [0.717, 1.165) is 6.08 Å². The summed E-state index contributed by atoms with van der Waals surface area (Å²) in [6.45, 7) is 1.59. The summed E-state index contributed by atoms with van der Waals surface area (Å²) in [5, 5.41) is 29.4. The summed E-state index contributed by atoms with van der Waals surface area (Å²) in [4.78, 5) is 20.8. The first kappa shape index (κ1) is 15.2. The van der Waals surface area contributed by atoms with E-state index in [0.29, 0.717) is 22.3 Å². The Hall–Kier alpha value is -3.15. The number of carboxylic acids is 1. The Kier molecular flexibility index (Phi) is 4.22. The number of hydrogen-bond donors (Lipinski definition) is 2. The number of phenols is 1. The molecule has 0 aliphatic heterocycles. The van der Waals surface area contributed by atoms with E-state index in [1.807, 2.05) is 0 Å². The highest BCUT2D eigenvalue weighted by atomic mass is 16.6. The molecular weight excluding hydrogens is 286 g/mol. The van der Waals surface area contributed by atoms with Crippen LogP contribution in [0.2, 0.25) is 0 Å². The van der Waals surface area contributed by atoms with Crippen molar-refractivity contribution in [2.24, 2.45) is 0 Å². The average Bonchev–Trinajstić information content (AvgIpc) is 2.46. The van der Waals surface area contributed by atoms with Crippen molar-refractivity contribution in [2.75, 3.05) is 0 Å². The molecule has 2 rings (SSSR count). The van der Waals surface area contributed by atoms with Gasteiger partial charge in [0.1, 0.15) is 5.75 Å². The van der Waals surface area contributed by atoms with Crippen LogP contribution in [0.25, 0.3) is 16.7 Å². The van der Waals surface area contributed by atoms with Gasteiger partial charge in [-0.25, -0.2) is 4.79 Å². The van der Waals surface area contributed by atoms with E-state index in [1.54, 1.807) is 31.2 Å². The number of rotatable bonds is 4. The van der Waals surface area contributed by atoms with Gasteiger partial charge in [-0.3, -0.25) is 10.1 Å². The molecule has 0 spiro atoms. The molecular formula is C16H13NO5. The molecule has 0 aliphatic carbocycles. The van der Waals surface area contributed by atoms with Crippen molar-refractivity contribution in [1.82, 2.24) is 0 Å². The van der Waals surface area contributed by atoms with Crippen LogP contribution in [0.15, 0.2) is 48.5 Å². The van der Waals surface area contributed by atoms with E-state index in [9.17, 15) is 20.0 Å². The number of allylic oxidation sites excluding steroid dienone is 1. The van der Waals surface area contributed by atoms with Crippen LogP contribution in [0.4, 0.5) is 5.69 Å². The highest BCUT2D eigenvalue weighted by molar-refractivity contribution is 5.90. The fourth-order valence-electron chi connectivity index (χ4n) is 2.08. The molecule has 0 saturated carbocycles. The zero-order valence-corrected chi connectivity index (χ0v) is 11.7. The summed E-state index contributed by atoms with van der Waals surface area (Å²) in [5.74, 6) is -1.14. The molecule has 0 aromatic heterocycles. The van der Waals surface area contributed by atoms with Crippen molar-refractivity contribution in [1.29, 1.82) is 0 Å². The number of aliphatic carboxylic acids is 1. The Morgan fingerprint density at radius 2 is 1.73 bits per heavy atom. The number of nitrogens with zero attached hydrogens (tertiary/aromatic N) is 1. The Bertz CT molecular complexity index is 763. The summed E-state index contributed by atoms with van der Waals surface area (Å²) < 4.78 is 0. The number of hydrogen-bond acceptors (Lipinski definition) is 4. The maximum absolute atomic E-state index is 10.7. The van der Waals surface area contributed by atoms with Gasteiger partial charge in [-0.05, 0) is 41.8 Å². The van der Waals surface area contributed by atoms with Crippen LogP contribution in [0.5, 0.6) is 5.75 Å². The smallest absolute Gasteiger partial charge is 0.328 e. The summed E-state index contributed by atoms with van der Waals surface area (Å²) in [6.07, 6.45) is 1.01. The molecule has 0 atom stereocenters. The molecule has 0 radical (unpaired) electrons. The lowest BCUT2D eigenvalue weighted by molar-refractivity contribution is -0.384. The molecule has 0 fully saturated rings. The van der Waals surface area contributed by atoms with Gasteiger partial charge >= 0.3 is 5.97 Å². The lowest BCUT2D eigenvalue weighted by Crippen LogP contribution is -1.91. The third kappa shape index (κ3) is 3.29. The van der Waals surface area contributed by atoms with Crippen molar-refractivity contribution >= 4 is 17.2 Å². The molecule has 2 aromatic carbocycles. The summed E-state index contributed by atoms with van der Waals surface area (Å²) in [5.41, 5.74) is 2.24. The molecule has 6 heteroatoms. The molecule has 0 amide bonds. The second-order valence-corrected chi connectivity index (χ2v) is 4.70. The second kappa shape index (κ2) is 6.09. The molecule has 2 aromatic rings. The monoisotopic (exact) mass is 299 g/mol. The predicted octanol–water partition coefficient (Wildman–Crippen LogP) is 3.46. The molecule has 6 nitrogen and oxygen atoms in total. The first-order valence-corrected chi connectivity index (χ1v) is 6.38. The summed E-state index contributed by atoms with van der Waals surface area (Å²) in [6, 6.07) is 10.8. The third-order valence-corrected chi connectivity index (χ3v) is 3.17. The number of nitro groups is 1. The Labute approximate surface area is 126 Å². The normalized spacial score (nSPS) is 11.2. The molecule has 0 bridgehead atoms. The lowest BCUT2D eigenvalue weighted by atomic mass is 9.99. The minimum absolute atomic E-state index is 0.00942. The van der Waals surface area contributed by atoms with Crippen LogP contribution < -0.4 is 0 Å². The molecule has 2 N–H and O–H groups in total. The fourth-order valence-corrected chi connectivity index (χ4v) is 2.08.